The summed E-state index contributed by atoms with van der Waals surface area (Å²) in [6.45, 7) is 0. The minimum atomic E-state index is -2.33. The zero-order chi connectivity index (χ0) is 15.7. The summed E-state index contributed by atoms with van der Waals surface area (Å²) in [7, 11) is 0. The highest BCUT2D eigenvalue weighted by molar-refractivity contribution is 6.04. The molecule has 0 aliphatic carbocycles. The van der Waals surface area contributed by atoms with E-state index in [1.54, 1.807) is 5.32 Å². The van der Waals surface area contributed by atoms with Crippen molar-refractivity contribution < 1.29 is 31.1 Å². The number of hydrogen-bond acceptors (Lipinski definition) is 1. The van der Waals surface area contributed by atoms with E-state index < -0.39 is 46.5 Å². The van der Waals surface area contributed by atoms with E-state index in [1.807, 2.05) is 0 Å². The van der Waals surface area contributed by atoms with E-state index in [0.717, 1.165) is 24.3 Å². The molecule has 0 aromatic heterocycles. The summed E-state index contributed by atoms with van der Waals surface area (Å²) >= 11 is 0. The molecule has 110 valence electrons. The van der Waals surface area contributed by atoms with Crippen molar-refractivity contribution in [1.82, 2.24) is 0 Å². The molecule has 0 aliphatic heterocycles. The van der Waals surface area contributed by atoms with Crippen LogP contribution in [-0.4, -0.2) is 5.91 Å². The highest BCUT2D eigenvalue weighted by Crippen LogP contribution is 2.27. The maximum Gasteiger partial charge on any atom is 0.255 e. The second kappa shape index (κ2) is 5.47. The third-order valence-corrected chi connectivity index (χ3v) is 2.55. The fourth-order valence-electron chi connectivity index (χ4n) is 1.50. The monoisotopic (exact) mass is 305 g/mol. The van der Waals surface area contributed by atoms with Gasteiger partial charge < -0.3 is 5.32 Å². The summed E-state index contributed by atoms with van der Waals surface area (Å²) in [6, 6.07) is 3.76. The molecule has 1 amide bonds. The summed E-state index contributed by atoms with van der Waals surface area (Å²) in [5, 5.41) is 1.57. The third-order valence-electron chi connectivity index (χ3n) is 2.55. The lowest BCUT2D eigenvalue weighted by atomic mass is 10.2. The number of benzene rings is 2. The average Bonchev–Trinajstić information content (AvgIpc) is 2.48. The van der Waals surface area contributed by atoms with Gasteiger partial charge in [-0.3, -0.25) is 4.79 Å². The number of halogens is 6. The second-order valence-electron chi connectivity index (χ2n) is 3.91. The van der Waals surface area contributed by atoms with Crippen molar-refractivity contribution in [3.63, 3.8) is 0 Å². The predicted octanol–water partition coefficient (Wildman–Crippen LogP) is 3.77. The molecule has 2 rings (SSSR count). The second-order valence-corrected chi connectivity index (χ2v) is 3.91. The lowest BCUT2D eigenvalue weighted by Gasteiger charge is -2.09. The Morgan fingerprint density at radius 1 is 0.714 bits per heavy atom. The van der Waals surface area contributed by atoms with Crippen molar-refractivity contribution >= 4 is 11.6 Å². The van der Waals surface area contributed by atoms with Gasteiger partial charge in [-0.25, -0.2) is 26.3 Å². The fraction of sp³-hybridized carbons (Fsp3) is 0. The maximum absolute atomic E-state index is 13.3. The van der Waals surface area contributed by atoms with Crippen molar-refractivity contribution in [3.05, 3.63) is 64.7 Å². The molecular formula is C13H5F6NO. The lowest BCUT2D eigenvalue weighted by molar-refractivity contribution is 0.102. The summed E-state index contributed by atoms with van der Waals surface area (Å²) in [5.74, 6) is -12.8. The molecule has 0 spiro atoms. The first kappa shape index (κ1) is 14.9. The van der Waals surface area contributed by atoms with E-state index in [0.29, 0.717) is 0 Å². The Hall–Kier alpha value is -2.51. The Kier molecular flexibility index (Phi) is 3.88. The van der Waals surface area contributed by atoms with Gasteiger partial charge in [0, 0.05) is 5.56 Å². The van der Waals surface area contributed by atoms with Gasteiger partial charge in [0.25, 0.3) is 5.91 Å². The van der Waals surface area contributed by atoms with Gasteiger partial charge in [0.15, 0.2) is 23.3 Å². The molecule has 2 aromatic carbocycles. The van der Waals surface area contributed by atoms with Gasteiger partial charge in [-0.2, -0.15) is 0 Å². The van der Waals surface area contributed by atoms with Crippen LogP contribution in [0.3, 0.4) is 0 Å². The number of carbonyl (C=O) groups is 1. The Morgan fingerprint density at radius 3 is 1.62 bits per heavy atom. The quantitative estimate of drug-likeness (QED) is 0.511. The summed E-state index contributed by atoms with van der Waals surface area (Å²) < 4.78 is 78.1. The molecule has 1 N–H and O–H groups in total. The standard InChI is InChI=1S/C13H5F6NO/c14-6-3-1-5(2-4-6)13(21)20-12-10(18)8(16)7(15)9(17)11(12)19/h1-4H,(H,20,21). The SMILES string of the molecule is O=C(Nc1c(F)c(F)c(F)c(F)c1F)c1ccc(F)cc1. The lowest BCUT2D eigenvalue weighted by Crippen LogP contribution is -2.16. The Labute approximate surface area is 114 Å². The van der Waals surface area contributed by atoms with Crippen LogP contribution >= 0.6 is 0 Å². The normalized spacial score (nSPS) is 10.6. The van der Waals surface area contributed by atoms with Crippen molar-refractivity contribution in [2.24, 2.45) is 0 Å². The van der Waals surface area contributed by atoms with Crippen LogP contribution in [0.4, 0.5) is 32.0 Å². The molecule has 0 saturated carbocycles. The van der Waals surface area contributed by atoms with E-state index in [2.05, 4.69) is 0 Å². The molecule has 0 radical (unpaired) electrons. The van der Waals surface area contributed by atoms with Crippen molar-refractivity contribution in [2.45, 2.75) is 0 Å². The van der Waals surface area contributed by atoms with Gasteiger partial charge >= 0.3 is 0 Å². The predicted molar refractivity (Wildman–Crippen MR) is 60.6 cm³/mol. The fourth-order valence-corrected chi connectivity index (χ4v) is 1.50. The van der Waals surface area contributed by atoms with Crippen LogP contribution in [0.25, 0.3) is 0 Å². The minimum Gasteiger partial charge on any atom is -0.317 e. The number of nitrogens with one attached hydrogen (secondary N) is 1. The zero-order valence-electron chi connectivity index (χ0n) is 9.99. The average molecular weight is 305 g/mol. The van der Waals surface area contributed by atoms with E-state index in [9.17, 15) is 31.1 Å². The highest BCUT2D eigenvalue weighted by Gasteiger charge is 2.27. The maximum atomic E-state index is 13.3. The van der Waals surface area contributed by atoms with Crippen molar-refractivity contribution in [3.8, 4) is 0 Å². The van der Waals surface area contributed by atoms with Crippen LogP contribution in [0.5, 0.6) is 0 Å². The van der Waals surface area contributed by atoms with Gasteiger partial charge in [0.05, 0.1) is 0 Å². The molecule has 2 nitrogen and oxygen atoms in total. The van der Waals surface area contributed by atoms with Crippen LogP contribution in [0, 0.1) is 34.9 Å². The molecule has 0 bridgehead atoms. The number of rotatable bonds is 2. The van der Waals surface area contributed by atoms with Gasteiger partial charge in [-0.05, 0) is 24.3 Å². The van der Waals surface area contributed by atoms with Crippen LogP contribution in [0.15, 0.2) is 24.3 Å². The zero-order valence-corrected chi connectivity index (χ0v) is 9.99. The van der Waals surface area contributed by atoms with Crippen LogP contribution in [0.1, 0.15) is 10.4 Å². The number of anilines is 1. The summed E-state index contributed by atoms with van der Waals surface area (Å²) in [5.41, 5.74) is -1.69. The van der Waals surface area contributed by atoms with Gasteiger partial charge in [-0.15, -0.1) is 0 Å². The van der Waals surface area contributed by atoms with Crippen LogP contribution in [0.2, 0.25) is 0 Å². The van der Waals surface area contributed by atoms with Gasteiger partial charge in [0.1, 0.15) is 11.5 Å². The topological polar surface area (TPSA) is 29.1 Å². The first-order valence-corrected chi connectivity index (χ1v) is 5.41. The molecule has 21 heavy (non-hydrogen) atoms. The number of hydrogen-bond donors (Lipinski definition) is 1. The summed E-state index contributed by atoms with van der Waals surface area (Å²) in [4.78, 5) is 11.6. The molecular weight excluding hydrogens is 300 g/mol. The Morgan fingerprint density at radius 2 is 1.14 bits per heavy atom. The number of amides is 1. The molecule has 0 saturated heterocycles. The van der Waals surface area contributed by atoms with Crippen molar-refractivity contribution in [1.29, 1.82) is 0 Å². The van der Waals surface area contributed by atoms with E-state index >= 15 is 0 Å². The Balaban J connectivity index is 2.40. The first-order valence-electron chi connectivity index (χ1n) is 5.41. The van der Waals surface area contributed by atoms with Gasteiger partial charge in [-0.1, -0.05) is 0 Å². The third kappa shape index (κ3) is 2.69. The van der Waals surface area contributed by atoms with E-state index in [4.69, 9.17) is 0 Å². The van der Waals surface area contributed by atoms with Crippen LogP contribution in [-0.2, 0) is 0 Å². The highest BCUT2D eigenvalue weighted by atomic mass is 19.2. The smallest absolute Gasteiger partial charge is 0.255 e. The van der Waals surface area contributed by atoms with Crippen molar-refractivity contribution in [2.75, 3.05) is 5.32 Å². The molecule has 0 atom stereocenters. The molecule has 0 aliphatic rings. The largest absolute Gasteiger partial charge is 0.317 e. The van der Waals surface area contributed by atoms with Gasteiger partial charge in [0.2, 0.25) is 5.82 Å². The molecule has 0 fully saturated rings. The van der Waals surface area contributed by atoms with Crippen LogP contribution < -0.4 is 5.32 Å². The number of carbonyl (C=O) groups excluding carboxylic acids is 1. The minimum absolute atomic E-state index is 0.222. The van der Waals surface area contributed by atoms with E-state index in [-0.39, 0.29) is 5.56 Å². The summed E-state index contributed by atoms with van der Waals surface area (Å²) in [6.07, 6.45) is 0. The Bertz CT molecular complexity index is 685. The molecule has 2 aromatic rings. The molecule has 0 unspecified atom stereocenters. The van der Waals surface area contributed by atoms with E-state index in [1.165, 1.54) is 0 Å². The molecule has 8 heteroatoms. The molecule has 0 heterocycles. The first-order chi connectivity index (χ1) is 9.82.